The zero-order valence-electron chi connectivity index (χ0n) is 14.2. The lowest BCUT2D eigenvalue weighted by Crippen LogP contribution is -2.26. The maximum atomic E-state index is 12.5. The Kier molecular flexibility index (Phi) is 5.25. The van der Waals surface area contributed by atoms with Crippen LogP contribution in [0.1, 0.15) is 16.2 Å². The molecule has 0 aliphatic heterocycles. The largest absolute Gasteiger partial charge is 0.435 e. The molecule has 3 aromatic rings. The van der Waals surface area contributed by atoms with Crippen LogP contribution in [0, 0.1) is 6.92 Å². The van der Waals surface area contributed by atoms with Gasteiger partial charge in [0.1, 0.15) is 5.75 Å². The summed E-state index contributed by atoms with van der Waals surface area (Å²) in [4.78, 5) is 24.6. The molecule has 0 aliphatic rings. The Morgan fingerprint density at radius 1 is 1.11 bits per heavy atom. The first-order chi connectivity index (χ1) is 12.9. The van der Waals surface area contributed by atoms with Gasteiger partial charge in [0, 0.05) is 17.4 Å². The number of hydrogen-bond acceptors (Lipinski definition) is 4. The van der Waals surface area contributed by atoms with Gasteiger partial charge in [0.25, 0.3) is 5.91 Å². The highest BCUT2D eigenvalue weighted by atomic mass is 19.3. The summed E-state index contributed by atoms with van der Waals surface area (Å²) >= 11 is 0. The number of halogens is 2. The summed E-state index contributed by atoms with van der Waals surface area (Å²) in [6.45, 7) is -1.22. The van der Waals surface area contributed by atoms with Gasteiger partial charge in [-0.2, -0.15) is 13.9 Å². The molecular formula is C19H15F2N3O3. The summed E-state index contributed by atoms with van der Waals surface area (Å²) in [5.41, 5.74) is 0.802. The average Bonchev–Trinajstić information content (AvgIpc) is 2.63. The normalized spacial score (nSPS) is 10.7. The van der Waals surface area contributed by atoms with Gasteiger partial charge in [-0.05, 0) is 43.3 Å². The van der Waals surface area contributed by atoms with E-state index < -0.39 is 17.9 Å². The molecule has 8 heteroatoms. The molecule has 0 spiro atoms. The van der Waals surface area contributed by atoms with Crippen LogP contribution in [0.2, 0.25) is 0 Å². The van der Waals surface area contributed by atoms with Gasteiger partial charge < -0.3 is 10.1 Å². The first-order valence-corrected chi connectivity index (χ1v) is 7.96. The Labute approximate surface area is 153 Å². The lowest BCUT2D eigenvalue weighted by molar-refractivity contribution is -0.0498. The molecule has 1 heterocycles. The number of nitrogens with one attached hydrogen (secondary N) is 1. The average molecular weight is 371 g/mol. The van der Waals surface area contributed by atoms with Crippen LogP contribution >= 0.6 is 0 Å². The molecule has 0 unspecified atom stereocenters. The van der Waals surface area contributed by atoms with Crippen LogP contribution in [-0.2, 0) is 0 Å². The quantitative estimate of drug-likeness (QED) is 0.746. The fourth-order valence-corrected chi connectivity index (χ4v) is 2.45. The fraction of sp³-hybridized carbons (Fsp3) is 0.105. The lowest BCUT2D eigenvalue weighted by atomic mass is 10.2. The van der Waals surface area contributed by atoms with Crippen LogP contribution in [0.4, 0.5) is 14.5 Å². The van der Waals surface area contributed by atoms with Crippen molar-refractivity contribution in [1.82, 2.24) is 9.78 Å². The topological polar surface area (TPSA) is 73.2 Å². The zero-order chi connectivity index (χ0) is 19.4. The van der Waals surface area contributed by atoms with E-state index in [9.17, 15) is 18.4 Å². The minimum Gasteiger partial charge on any atom is -0.435 e. The minimum absolute atomic E-state index is 0.0390. The van der Waals surface area contributed by atoms with E-state index in [1.54, 1.807) is 19.1 Å². The van der Waals surface area contributed by atoms with Gasteiger partial charge in [-0.15, -0.1) is 0 Å². The molecule has 3 rings (SSSR count). The van der Waals surface area contributed by atoms with Gasteiger partial charge in [-0.3, -0.25) is 9.59 Å². The van der Waals surface area contributed by atoms with Crippen LogP contribution < -0.4 is 15.5 Å². The van der Waals surface area contributed by atoms with Crippen molar-refractivity contribution in [1.29, 1.82) is 0 Å². The molecule has 1 N–H and O–H groups in total. The molecule has 1 amide bonds. The number of amides is 1. The standard InChI is InChI=1S/C19H15F2N3O3/c1-12-11-16(25)17(23-24(12)14-5-3-2-4-6-14)18(26)22-13-7-9-15(10-8-13)27-19(20)21/h2-11,19H,1H3,(H,22,26). The summed E-state index contributed by atoms with van der Waals surface area (Å²) in [5, 5.41) is 6.68. The van der Waals surface area contributed by atoms with Gasteiger partial charge in [0.2, 0.25) is 5.43 Å². The second-order valence-corrected chi connectivity index (χ2v) is 5.60. The Hall–Kier alpha value is -3.55. The Bertz CT molecular complexity index is 1000. The molecular weight excluding hydrogens is 356 g/mol. The van der Waals surface area contributed by atoms with Crippen molar-refractivity contribution >= 4 is 11.6 Å². The van der Waals surface area contributed by atoms with Crippen molar-refractivity contribution in [3.63, 3.8) is 0 Å². The number of benzene rings is 2. The van der Waals surface area contributed by atoms with Crippen LogP contribution in [0.25, 0.3) is 5.69 Å². The van der Waals surface area contributed by atoms with Gasteiger partial charge in [0.15, 0.2) is 5.69 Å². The van der Waals surface area contributed by atoms with Crippen LogP contribution in [0.15, 0.2) is 65.5 Å². The van der Waals surface area contributed by atoms with Gasteiger partial charge in [-0.25, -0.2) is 4.68 Å². The van der Waals surface area contributed by atoms with Crippen LogP contribution in [-0.4, -0.2) is 22.3 Å². The molecule has 0 aliphatic carbocycles. The van der Waals surface area contributed by atoms with E-state index in [4.69, 9.17) is 0 Å². The summed E-state index contributed by atoms with van der Waals surface area (Å²) in [6.07, 6.45) is 0. The van der Waals surface area contributed by atoms with E-state index in [1.165, 1.54) is 35.0 Å². The highest BCUT2D eigenvalue weighted by molar-refractivity contribution is 6.02. The van der Waals surface area contributed by atoms with Gasteiger partial charge in [0.05, 0.1) is 5.69 Å². The van der Waals surface area contributed by atoms with Crippen LogP contribution in [0.3, 0.4) is 0 Å². The van der Waals surface area contributed by atoms with E-state index in [0.717, 1.165) is 0 Å². The van der Waals surface area contributed by atoms with Crippen molar-refractivity contribution in [3.05, 3.63) is 82.3 Å². The van der Waals surface area contributed by atoms with Gasteiger partial charge >= 0.3 is 6.61 Å². The maximum absolute atomic E-state index is 12.5. The number of para-hydroxylation sites is 1. The van der Waals surface area contributed by atoms with Gasteiger partial charge in [-0.1, -0.05) is 18.2 Å². The number of hydrogen-bond donors (Lipinski definition) is 1. The molecule has 0 atom stereocenters. The monoisotopic (exact) mass is 371 g/mol. The summed E-state index contributed by atoms with van der Waals surface area (Å²) < 4.78 is 30.1. The van der Waals surface area contributed by atoms with Crippen LogP contribution in [0.5, 0.6) is 5.75 Å². The predicted molar refractivity (Wildman–Crippen MR) is 95.6 cm³/mol. The molecule has 6 nitrogen and oxygen atoms in total. The summed E-state index contributed by atoms with van der Waals surface area (Å²) in [5.74, 6) is -0.741. The SMILES string of the molecule is Cc1cc(=O)c(C(=O)Nc2ccc(OC(F)F)cc2)nn1-c1ccccc1. The molecule has 0 radical (unpaired) electrons. The highest BCUT2D eigenvalue weighted by Crippen LogP contribution is 2.18. The van der Waals surface area contributed by atoms with E-state index in [-0.39, 0.29) is 11.4 Å². The molecule has 0 saturated heterocycles. The van der Waals surface area contributed by atoms with Crippen molar-refractivity contribution in [2.75, 3.05) is 5.32 Å². The third-order valence-electron chi connectivity index (χ3n) is 3.66. The third kappa shape index (κ3) is 4.35. The molecule has 0 fully saturated rings. The smallest absolute Gasteiger partial charge is 0.387 e. The predicted octanol–water partition coefficient (Wildman–Crippen LogP) is 3.39. The maximum Gasteiger partial charge on any atom is 0.387 e. The number of aryl methyl sites for hydroxylation is 1. The Balaban J connectivity index is 1.85. The highest BCUT2D eigenvalue weighted by Gasteiger charge is 2.16. The summed E-state index contributed by atoms with van der Waals surface area (Å²) in [6, 6.07) is 15.7. The van der Waals surface area contributed by atoms with E-state index >= 15 is 0 Å². The molecule has 0 saturated carbocycles. The second kappa shape index (κ2) is 7.77. The van der Waals surface area contributed by atoms with Crippen molar-refractivity contribution < 1.29 is 18.3 Å². The number of nitrogens with zero attached hydrogens (tertiary/aromatic N) is 2. The number of alkyl halides is 2. The Morgan fingerprint density at radius 2 is 1.78 bits per heavy atom. The zero-order valence-corrected chi connectivity index (χ0v) is 14.2. The number of carbonyl (C=O) groups is 1. The molecule has 1 aromatic heterocycles. The van der Waals surface area contributed by atoms with Crippen molar-refractivity contribution in [2.24, 2.45) is 0 Å². The number of aromatic nitrogens is 2. The second-order valence-electron chi connectivity index (χ2n) is 5.60. The number of rotatable bonds is 5. The lowest BCUT2D eigenvalue weighted by Gasteiger charge is -2.11. The number of anilines is 1. The summed E-state index contributed by atoms with van der Waals surface area (Å²) in [7, 11) is 0. The molecule has 27 heavy (non-hydrogen) atoms. The fourth-order valence-electron chi connectivity index (χ4n) is 2.45. The first-order valence-electron chi connectivity index (χ1n) is 7.96. The number of carbonyl (C=O) groups excluding carboxylic acids is 1. The molecule has 138 valence electrons. The van der Waals surface area contributed by atoms with E-state index in [1.807, 2.05) is 18.2 Å². The van der Waals surface area contributed by atoms with E-state index in [2.05, 4.69) is 15.2 Å². The first kappa shape index (κ1) is 18.2. The Morgan fingerprint density at radius 3 is 2.41 bits per heavy atom. The molecule has 0 bridgehead atoms. The molecule has 2 aromatic carbocycles. The van der Waals surface area contributed by atoms with E-state index in [0.29, 0.717) is 17.1 Å². The van der Waals surface area contributed by atoms with Crippen molar-refractivity contribution in [3.8, 4) is 11.4 Å². The number of ether oxygens (including phenoxy) is 1. The minimum atomic E-state index is -2.93. The van der Waals surface area contributed by atoms with Crippen molar-refractivity contribution in [2.45, 2.75) is 13.5 Å². The third-order valence-corrected chi connectivity index (χ3v) is 3.66.